The summed E-state index contributed by atoms with van der Waals surface area (Å²) in [4.78, 5) is 12.2. The minimum Gasteiger partial charge on any atom is -0.497 e. The molecule has 1 aliphatic heterocycles. The Kier molecular flexibility index (Phi) is 7.69. The Balaban J connectivity index is 0.00000242. The van der Waals surface area contributed by atoms with Gasteiger partial charge in [0.2, 0.25) is 5.91 Å². The molecule has 5 heteroatoms. The van der Waals surface area contributed by atoms with Crippen LogP contribution in [0.5, 0.6) is 5.75 Å². The number of hydrogen-bond donors (Lipinski definition) is 2. The fourth-order valence-electron chi connectivity index (χ4n) is 2.78. The van der Waals surface area contributed by atoms with Gasteiger partial charge in [0.05, 0.1) is 7.11 Å². The normalized spacial score (nSPS) is 22.3. The highest BCUT2D eigenvalue weighted by molar-refractivity contribution is 5.85. The quantitative estimate of drug-likeness (QED) is 0.874. The van der Waals surface area contributed by atoms with Crippen molar-refractivity contribution in [2.45, 2.75) is 38.6 Å². The summed E-state index contributed by atoms with van der Waals surface area (Å²) in [7, 11) is 1.66. The lowest BCUT2D eigenvalue weighted by Gasteiger charge is -2.30. The number of amides is 1. The summed E-state index contributed by atoms with van der Waals surface area (Å²) in [6, 6.07) is 8.20. The molecule has 0 radical (unpaired) electrons. The van der Waals surface area contributed by atoms with Crippen LogP contribution in [0.3, 0.4) is 0 Å². The summed E-state index contributed by atoms with van der Waals surface area (Å²) in [5.41, 5.74) is 1.17. The van der Waals surface area contributed by atoms with Gasteiger partial charge in [0, 0.05) is 19.0 Å². The standard InChI is InChI=1S/C17H26N2O2.ClH/c1-12-8-9-18-11-16(12)19-17(20)10-13(2)14-4-6-15(21-3)7-5-14;/h4-7,12-13,16,18H,8-11H2,1-3H3,(H,19,20);1H. The van der Waals surface area contributed by atoms with Gasteiger partial charge < -0.3 is 15.4 Å². The molecule has 1 amide bonds. The highest BCUT2D eigenvalue weighted by Gasteiger charge is 2.23. The van der Waals surface area contributed by atoms with E-state index in [9.17, 15) is 4.79 Å². The molecule has 0 aromatic heterocycles. The van der Waals surface area contributed by atoms with Crippen LogP contribution in [0.4, 0.5) is 0 Å². The van der Waals surface area contributed by atoms with E-state index in [2.05, 4.69) is 24.5 Å². The van der Waals surface area contributed by atoms with Crippen molar-refractivity contribution in [3.8, 4) is 5.75 Å². The molecule has 124 valence electrons. The van der Waals surface area contributed by atoms with E-state index in [0.717, 1.165) is 25.3 Å². The molecule has 3 unspecified atom stereocenters. The maximum Gasteiger partial charge on any atom is 0.220 e. The second kappa shape index (κ2) is 9.01. The Labute approximate surface area is 139 Å². The fraction of sp³-hybridized carbons (Fsp3) is 0.588. The van der Waals surface area contributed by atoms with E-state index < -0.39 is 0 Å². The zero-order valence-electron chi connectivity index (χ0n) is 13.6. The van der Waals surface area contributed by atoms with Crippen LogP contribution < -0.4 is 15.4 Å². The predicted octanol–water partition coefficient (Wildman–Crippen LogP) is 2.72. The first-order valence-electron chi connectivity index (χ1n) is 7.74. The zero-order chi connectivity index (χ0) is 15.2. The van der Waals surface area contributed by atoms with Gasteiger partial charge in [0.25, 0.3) is 0 Å². The van der Waals surface area contributed by atoms with Crippen LogP contribution in [-0.2, 0) is 4.79 Å². The third-order valence-electron chi connectivity index (χ3n) is 4.35. The largest absolute Gasteiger partial charge is 0.497 e. The van der Waals surface area contributed by atoms with Gasteiger partial charge in [-0.25, -0.2) is 0 Å². The van der Waals surface area contributed by atoms with Crippen molar-refractivity contribution in [3.05, 3.63) is 29.8 Å². The molecule has 1 saturated heterocycles. The molecule has 4 nitrogen and oxygen atoms in total. The number of piperidine rings is 1. The Bertz CT molecular complexity index is 464. The number of hydrogen-bond acceptors (Lipinski definition) is 3. The summed E-state index contributed by atoms with van der Waals surface area (Å²) < 4.78 is 5.16. The average Bonchev–Trinajstić information content (AvgIpc) is 2.49. The minimum atomic E-state index is 0. The van der Waals surface area contributed by atoms with E-state index in [-0.39, 0.29) is 30.3 Å². The highest BCUT2D eigenvalue weighted by atomic mass is 35.5. The van der Waals surface area contributed by atoms with Gasteiger partial charge in [-0.3, -0.25) is 4.79 Å². The van der Waals surface area contributed by atoms with E-state index in [1.165, 1.54) is 5.56 Å². The molecular weight excluding hydrogens is 300 g/mol. The molecule has 2 rings (SSSR count). The molecule has 22 heavy (non-hydrogen) atoms. The van der Waals surface area contributed by atoms with Crippen molar-refractivity contribution in [1.82, 2.24) is 10.6 Å². The van der Waals surface area contributed by atoms with Crippen LogP contribution in [0, 0.1) is 5.92 Å². The van der Waals surface area contributed by atoms with Crippen LogP contribution in [0.15, 0.2) is 24.3 Å². The van der Waals surface area contributed by atoms with E-state index in [1.54, 1.807) is 7.11 Å². The lowest BCUT2D eigenvalue weighted by atomic mass is 9.93. The number of rotatable bonds is 5. The Morgan fingerprint density at radius 1 is 1.41 bits per heavy atom. The van der Waals surface area contributed by atoms with Crippen LogP contribution in [0.2, 0.25) is 0 Å². The van der Waals surface area contributed by atoms with Crippen LogP contribution >= 0.6 is 12.4 Å². The maximum absolute atomic E-state index is 12.2. The second-order valence-electron chi connectivity index (χ2n) is 6.02. The molecule has 1 aromatic carbocycles. The van der Waals surface area contributed by atoms with E-state index in [4.69, 9.17) is 4.74 Å². The first kappa shape index (κ1) is 18.8. The lowest BCUT2D eigenvalue weighted by Crippen LogP contribution is -2.50. The SMILES string of the molecule is COc1ccc(C(C)CC(=O)NC2CNCCC2C)cc1.Cl. The summed E-state index contributed by atoms with van der Waals surface area (Å²) in [6.45, 7) is 6.22. The van der Waals surface area contributed by atoms with Crippen molar-refractivity contribution < 1.29 is 9.53 Å². The number of benzene rings is 1. The summed E-state index contributed by atoms with van der Waals surface area (Å²) in [6.07, 6.45) is 1.65. The number of ether oxygens (including phenoxy) is 1. The fourth-order valence-corrected chi connectivity index (χ4v) is 2.78. The molecule has 1 heterocycles. The lowest BCUT2D eigenvalue weighted by molar-refractivity contribution is -0.122. The minimum absolute atomic E-state index is 0. The summed E-state index contributed by atoms with van der Waals surface area (Å²) >= 11 is 0. The Hall–Kier alpha value is -1.26. The van der Waals surface area contributed by atoms with Crippen molar-refractivity contribution in [2.24, 2.45) is 5.92 Å². The van der Waals surface area contributed by atoms with Gasteiger partial charge >= 0.3 is 0 Å². The van der Waals surface area contributed by atoms with E-state index in [1.807, 2.05) is 24.3 Å². The highest BCUT2D eigenvalue weighted by Crippen LogP contribution is 2.22. The molecule has 3 atom stereocenters. The molecule has 0 saturated carbocycles. The van der Waals surface area contributed by atoms with Crippen molar-refractivity contribution in [2.75, 3.05) is 20.2 Å². The molecule has 1 fully saturated rings. The molecule has 1 aliphatic rings. The average molecular weight is 327 g/mol. The molecular formula is C17H27ClN2O2. The van der Waals surface area contributed by atoms with Crippen LogP contribution in [0.1, 0.15) is 38.2 Å². The number of methoxy groups -OCH3 is 1. The van der Waals surface area contributed by atoms with Gasteiger partial charge in [-0.05, 0) is 42.5 Å². The number of carbonyl (C=O) groups excluding carboxylic acids is 1. The summed E-state index contributed by atoms with van der Waals surface area (Å²) in [5.74, 6) is 1.74. The van der Waals surface area contributed by atoms with Gasteiger partial charge in [0.1, 0.15) is 5.75 Å². The number of carbonyl (C=O) groups is 1. The van der Waals surface area contributed by atoms with Crippen molar-refractivity contribution >= 4 is 18.3 Å². The molecule has 2 N–H and O–H groups in total. The third kappa shape index (κ3) is 5.18. The first-order chi connectivity index (χ1) is 10.1. The van der Waals surface area contributed by atoms with Crippen molar-refractivity contribution in [3.63, 3.8) is 0 Å². The van der Waals surface area contributed by atoms with Gasteiger partial charge in [-0.15, -0.1) is 12.4 Å². The van der Waals surface area contributed by atoms with E-state index in [0.29, 0.717) is 12.3 Å². The second-order valence-corrected chi connectivity index (χ2v) is 6.02. The predicted molar refractivity (Wildman–Crippen MR) is 91.9 cm³/mol. The zero-order valence-corrected chi connectivity index (χ0v) is 14.4. The number of nitrogens with one attached hydrogen (secondary N) is 2. The third-order valence-corrected chi connectivity index (χ3v) is 4.35. The van der Waals surface area contributed by atoms with Crippen LogP contribution in [0.25, 0.3) is 0 Å². The van der Waals surface area contributed by atoms with Crippen molar-refractivity contribution in [1.29, 1.82) is 0 Å². The Morgan fingerprint density at radius 2 is 2.09 bits per heavy atom. The maximum atomic E-state index is 12.2. The molecule has 0 aliphatic carbocycles. The van der Waals surface area contributed by atoms with Gasteiger partial charge in [0.15, 0.2) is 0 Å². The molecule has 1 aromatic rings. The van der Waals surface area contributed by atoms with Gasteiger partial charge in [-0.1, -0.05) is 26.0 Å². The smallest absolute Gasteiger partial charge is 0.220 e. The molecule has 0 spiro atoms. The van der Waals surface area contributed by atoms with Crippen LogP contribution in [-0.4, -0.2) is 32.1 Å². The Morgan fingerprint density at radius 3 is 2.68 bits per heavy atom. The first-order valence-corrected chi connectivity index (χ1v) is 7.74. The summed E-state index contributed by atoms with van der Waals surface area (Å²) in [5, 5.41) is 6.51. The molecule has 0 bridgehead atoms. The number of halogens is 1. The van der Waals surface area contributed by atoms with E-state index >= 15 is 0 Å². The monoisotopic (exact) mass is 326 g/mol. The van der Waals surface area contributed by atoms with Gasteiger partial charge in [-0.2, -0.15) is 0 Å². The topological polar surface area (TPSA) is 50.4 Å².